The van der Waals surface area contributed by atoms with Crippen molar-refractivity contribution < 1.29 is 4.74 Å². The van der Waals surface area contributed by atoms with Gasteiger partial charge in [-0.15, -0.1) is 0 Å². The summed E-state index contributed by atoms with van der Waals surface area (Å²) in [5.74, 6) is 0. The Morgan fingerprint density at radius 1 is 1.38 bits per heavy atom. The van der Waals surface area contributed by atoms with Crippen molar-refractivity contribution in [3.05, 3.63) is 10.4 Å². The molecule has 1 heterocycles. The minimum atomic E-state index is 0.176. The van der Waals surface area contributed by atoms with Gasteiger partial charge < -0.3 is 4.74 Å². The molecule has 72 valence electrons. The second-order valence-corrected chi connectivity index (χ2v) is 4.08. The van der Waals surface area contributed by atoms with Gasteiger partial charge in [0.25, 0.3) is 0 Å². The molecule has 1 aliphatic heterocycles. The molecule has 0 bridgehead atoms. The molecule has 4 heteroatoms. The maximum atomic E-state index is 8.19. The zero-order valence-corrected chi connectivity index (χ0v) is 7.78. The van der Waals surface area contributed by atoms with Crippen LogP contribution in [-0.4, -0.2) is 18.2 Å². The maximum Gasteiger partial charge on any atom is 0.0687 e. The van der Waals surface area contributed by atoms with Crippen LogP contribution in [0.5, 0.6) is 0 Å². The van der Waals surface area contributed by atoms with Crippen LogP contribution in [0.15, 0.2) is 5.11 Å². The van der Waals surface area contributed by atoms with Gasteiger partial charge in [0.05, 0.1) is 18.2 Å². The SMILES string of the molecule is [N-]=[N+]=NC[C@@H]1CCC2(CCCC2)O1. The van der Waals surface area contributed by atoms with E-state index in [-0.39, 0.29) is 11.7 Å². The molecule has 2 rings (SSSR count). The molecule has 4 nitrogen and oxygen atoms in total. The predicted molar refractivity (Wildman–Crippen MR) is 49.3 cm³/mol. The van der Waals surface area contributed by atoms with Gasteiger partial charge in [0.1, 0.15) is 0 Å². The fourth-order valence-corrected chi connectivity index (χ4v) is 2.54. The summed E-state index contributed by atoms with van der Waals surface area (Å²) in [7, 11) is 0. The van der Waals surface area contributed by atoms with Gasteiger partial charge in [0.2, 0.25) is 0 Å². The maximum absolute atomic E-state index is 8.19. The Morgan fingerprint density at radius 3 is 2.85 bits per heavy atom. The lowest BCUT2D eigenvalue weighted by molar-refractivity contribution is -0.0321. The van der Waals surface area contributed by atoms with Crippen molar-refractivity contribution in [1.82, 2.24) is 0 Å². The normalized spacial score (nSPS) is 30.6. The minimum absolute atomic E-state index is 0.176. The van der Waals surface area contributed by atoms with Crippen molar-refractivity contribution in [3.63, 3.8) is 0 Å². The van der Waals surface area contributed by atoms with Gasteiger partial charge in [-0.1, -0.05) is 18.0 Å². The molecule has 0 N–H and O–H groups in total. The summed E-state index contributed by atoms with van der Waals surface area (Å²) in [4.78, 5) is 2.76. The number of hydrogen-bond donors (Lipinski definition) is 0. The summed E-state index contributed by atoms with van der Waals surface area (Å²) in [6.45, 7) is 0.512. The van der Waals surface area contributed by atoms with Crippen LogP contribution in [0.3, 0.4) is 0 Å². The largest absolute Gasteiger partial charge is 0.372 e. The van der Waals surface area contributed by atoms with E-state index in [2.05, 4.69) is 10.0 Å². The molecule has 13 heavy (non-hydrogen) atoms. The van der Waals surface area contributed by atoms with Crippen LogP contribution >= 0.6 is 0 Å². The first kappa shape index (κ1) is 8.85. The van der Waals surface area contributed by atoms with E-state index in [0.717, 1.165) is 6.42 Å². The number of rotatable bonds is 2. The van der Waals surface area contributed by atoms with Crippen LogP contribution in [0.2, 0.25) is 0 Å². The smallest absolute Gasteiger partial charge is 0.0687 e. The van der Waals surface area contributed by atoms with Crippen molar-refractivity contribution in [2.24, 2.45) is 5.11 Å². The monoisotopic (exact) mass is 181 g/mol. The van der Waals surface area contributed by atoms with E-state index < -0.39 is 0 Å². The highest BCUT2D eigenvalue weighted by Gasteiger charge is 2.41. The molecule has 0 aromatic rings. The molecular weight excluding hydrogens is 166 g/mol. The van der Waals surface area contributed by atoms with Crippen molar-refractivity contribution >= 4 is 0 Å². The van der Waals surface area contributed by atoms with E-state index in [0.29, 0.717) is 6.54 Å². The van der Waals surface area contributed by atoms with E-state index >= 15 is 0 Å². The lowest BCUT2D eigenvalue weighted by Gasteiger charge is -2.23. The van der Waals surface area contributed by atoms with Gasteiger partial charge in [-0.25, -0.2) is 0 Å². The fourth-order valence-electron chi connectivity index (χ4n) is 2.54. The quantitative estimate of drug-likeness (QED) is 0.367. The van der Waals surface area contributed by atoms with E-state index in [1.807, 2.05) is 0 Å². The number of hydrogen-bond acceptors (Lipinski definition) is 2. The standard InChI is InChI=1S/C9H15N3O/c10-12-11-7-8-3-6-9(13-8)4-1-2-5-9/h8H,1-7H2/t8-/m0/s1. The first-order valence-corrected chi connectivity index (χ1v) is 5.03. The Hall–Kier alpha value is -0.730. The zero-order chi connectivity index (χ0) is 9.15. The van der Waals surface area contributed by atoms with Crippen LogP contribution in [0.25, 0.3) is 10.4 Å². The number of azide groups is 1. The Kier molecular flexibility index (Phi) is 2.42. The first-order valence-electron chi connectivity index (χ1n) is 5.03. The third-order valence-electron chi connectivity index (χ3n) is 3.20. The van der Waals surface area contributed by atoms with Crippen molar-refractivity contribution in [3.8, 4) is 0 Å². The molecule has 1 spiro atoms. The summed E-state index contributed by atoms with van der Waals surface area (Å²) in [5.41, 5.74) is 8.36. The highest BCUT2D eigenvalue weighted by Crippen LogP contribution is 2.43. The second kappa shape index (κ2) is 3.56. The third-order valence-corrected chi connectivity index (χ3v) is 3.20. The Bertz CT molecular complexity index is 229. The lowest BCUT2D eigenvalue weighted by atomic mass is 9.98. The van der Waals surface area contributed by atoms with Crippen molar-refractivity contribution in [2.45, 2.75) is 50.2 Å². The molecule has 0 unspecified atom stereocenters. The Balaban J connectivity index is 1.89. The second-order valence-electron chi connectivity index (χ2n) is 4.08. The molecule has 0 aromatic heterocycles. The number of nitrogens with zero attached hydrogens (tertiary/aromatic N) is 3. The van der Waals surface area contributed by atoms with Crippen LogP contribution in [0, 0.1) is 0 Å². The van der Waals surface area contributed by atoms with Gasteiger partial charge in [-0.05, 0) is 31.2 Å². The highest BCUT2D eigenvalue weighted by molar-refractivity contribution is 4.93. The molecule has 2 fully saturated rings. The molecule has 1 atom stereocenters. The van der Waals surface area contributed by atoms with Gasteiger partial charge in [-0.2, -0.15) is 0 Å². The van der Waals surface area contributed by atoms with E-state index in [1.165, 1.54) is 32.1 Å². The van der Waals surface area contributed by atoms with E-state index in [9.17, 15) is 0 Å². The topological polar surface area (TPSA) is 58.0 Å². The van der Waals surface area contributed by atoms with Crippen molar-refractivity contribution in [2.75, 3.05) is 6.54 Å². The first-order chi connectivity index (χ1) is 6.35. The average Bonchev–Trinajstić information content (AvgIpc) is 2.74. The van der Waals surface area contributed by atoms with E-state index in [1.54, 1.807) is 0 Å². The molecule has 1 saturated carbocycles. The molecule has 2 aliphatic rings. The summed E-state index contributed by atoms with van der Waals surface area (Å²) >= 11 is 0. The average molecular weight is 181 g/mol. The molecule has 1 aliphatic carbocycles. The molecule has 0 radical (unpaired) electrons. The molecule has 0 amide bonds. The van der Waals surface area contributed by atoms with Crippen LogP contribution in [0.1, 0.15) is 38.5 Å². The Labute approximate surface area is 77.9 Å². The highest BCUT2D eigenvalue weighted by atomic mass is 16.5. The summed E-state index contributed by atoms with van der Waals surface area (Å²) in [6.07, 6.45) is 7.44. The lowest BCUT2D eigenvalue weighted by Crippen LogP contribution is -2.25. The van der Waals surface area contributed by atoms with E-state index in [4.69, 9.17) is 10.3 Å². The molecular formula is C9H15N3O. The summed E-state index contributed by atoms with van der Waals surface area (Å²) < 4.78 is 5.95. The third kappa shape index (κ3) is 1.79. The number of ether oxygens (including phenoxy) is 1. The summed E-state index contributed by atoms with van der Waals surface area (Å²) in [5, 5.41) is 3.56. The molecule has 0 aromatic carbocycles. The summed E-state index contributed by atoms with van der Waals surface area (Å²) in [6, 6.07) is 0. The minimum Gasteiger partial charge on any atom is -0.372 e. The zero-order valence-electron chi connectivity index (χ0n) is 7.78. The van der Waals surface area contributed by atoms with Crippen LogP contribution in [-0.2, 0) is 4.74 Å². The van der Waals surface area contributed by atoms with Crippen LogP contribution < -0.4 is 0 Å². The predicted octanol–water partition coefficient (Wildman–Crippen LogP) is 2.79. The van der Waals surface area contributed by atoms with Gasteiger partial charge >= 0.3 is 0 Å². The van der Waals surface area contributed by atoms with Gasteiger partial charge in [0, 0.05) is 4.91 Å². The Morgan fingerprint density at radius 2 is 2.15 bits per heavy atom. The van der Waals surface area contributed by atoms with Crippen LogP contribution in [0.4, 0.5) is 0 Å². The van der Waals surface area contributed by atoms with Crippen molar-refractivity contribution in [1.29, 1.82) is 0 Å². The molecule has 1 saturated heterocycles. The van der Waals surface area contributed by atoms with Gasteiger partial charge in [-0.3, -0.25) is 0 Å². The fraction of sp³-hybridized carbons (Fsp3) is 1.00. The van der Waals surface area contributed by atoms with Gasteiger partial charge in [0.15, 0.2) is 0 Å².